The molecule has 3 aromatic rings. The van der Waals surface area contributed by atoms with Crippen molar-refractivity contribution in [2.45, 2.75) is 20.1 Å². The fourth-order valence-corrected chi connectivity index (χ4v) is 3.90. The molecular weight excluding hydrogens is 527 g/mol. The zero-order valence-electron chi connectivity index (χ0n) is 17.4. The second-order valence-corrected chi connectivity index (χ2v) is 8.12. The number of nitrogens with zero attached hydrogens (tertiary/aromatic N) is 1. The standard InChI is InChI=1S/C24H24ClIN2O3/c1-3-30-23-13-17(14-27-28-15-18-8-5-7-11-22(18)29-2)12-21(26)24(23)31-16-19-9-4-6-10-20(19)25/h4-14,28H,3,15-16H2,1-2H3/b27-14+. The van der Waals surface area contributed by atoms with Gasteiger partial charge in [-0.15, -0.1) is 0 Å². The summed E-state index contributed by atoms with van der Waals surface area (Å²) in [7, 11) is 1.66. The van der Waals surface area contributed by atoms with Crippen molar-refractivity contribution in [3.05, 3.63) is 85.9 Å². The summed E-state index contributed by atoms with van der Waals surface area (Å²) < 4.78 is 18.2. The minimum absolute atomic E-state index is 0.365. The molecule has 0 bridgehead atoms. The summed E-state index contributed by atoms with van der Waals surface area (Å²) >= 11 is 8.49. The number of hydrogen-bond acceptors (Lipinski definition) is 5. The predicted octanol–water partition coefficient (Wildman–Crippen LogP) is 6.05. The van der Waals surface area contributed by atoms with Crippen LogP contribution in [-0.4, -0.2) is 19.9 Å². The quantitative estimate of drug-likeness (QED) is 0.190. The van der Waals surface area contributed by atoms with E-state index in [-0.39, 0.29) is 0 Å². The van der Waals surface area contributed by atoms with Crippen LogP contribution in [0.2, 0.25) is 5.02 Å². The number of rotatable bonds is 10. The van der Waals surface area contributed by atoms with Gasteiger partial charge in [0.25, 0.3) is 0 Å². The molecule has 31 heavy (non-hydrogen) atoms. The van der Waals surface area contributed by atoms with Gasteiger partial charge >= 0.3 is 0 Å². The minimum Gasteiger partial charge on any atom is -0.496 e. The average Bonchev–Trinajstić information content (AvgIpc) is 2.77. The predicted molar refractivity (Wildman–Crippen MR) is 134 cm³/mol. The SMILES string of the molecule is CCOc1cc(/C=N/NCc2ccccc2OC)cc(I)c1OCc1ccccc1Cl. The fraction of sp³-hybridized carbons (Fsp3) is 0.208. The van der Waals surface area contributed by atoms with Crippen molar-refractivity contribution in [3.63, 3.8) is 0 Å². The molecule has 0 atom stereocenters. The van der Waals surface area contributed by atoms with E-state index < -0.39 is 0 Å². The second kappa shape index (κ2) is 11.8. The zero-order chi connectivity index (χ0) is 22.1. The Hall–Kier alpha value is -2.45. The molecule has 0 saturated heterocycles. The highest BCUT2D eigenvalue weighted by Crippen LogP contribution is 2.35. The summed E-state index contributed by atoms with van der Waals surface area (Å²) in [6.45, 7) is 3.41. The number of ether oxygens (including phenoxy) is 3. The van der Waals surface area contributed by atoms with E-state index in [1.54, 1.807) is 13.3 Å². The van der Waals surface area contributed by atoms with Crippen molar-refractivity contribution in [1.29, 1.82) is 0 Å². The van der Waals surface area contributed by atoms with Crippen molar-refractivity contribution >= 4 is 40.4 Å². The zero-order valence-corrected chi connectivity index (χ0v) is 20.3. The molecule has 0 radical (unpaired) electrons. The molecule has 162 valence electrons. The second-order valence-electron chi connectivity index (χ2n) is 6.55. The molecule has 5 nitrogen and oxygen atoms in total. The van der Waals surface area contributed by atoms with Crippen LogP contribution in [0.3, 0.4) is 0 Å². The smallest absolute Gasteiger partial charge is 0.175 e. The van der Waals surface area contributed by atoms with Gasteiger partial charge in [0.2, 0.25) is 0 Å². The Morgan fingerprint density at radius 2 is 1.74 bits per heavy atom. The van der Waals surface area contributed by atoms with E-state index in [4.69, 9.17) is 25.8 Å². The molecule has 0 spiro atoms. The van der Waals surface area contributed by atoms with Gasteiger partial charge in [0.15, 0.2) is 11.5 Å². The Morgan fingerprint density at radius 3 is 2.48 bits per heavy atom. The van der Waals surface area contributed by atoms with Crippen LogP contribution in [0.15, 0.2) is 65.8 Å². The molecule has 3 aromatic carbocycles. The number of methoxy groups -OCH3 is 1. The molecule has 1 N–H and O–H groups in total. The van der Waals surface area contributed by atoms with Crippen molar-refractivity contribution in [3.8, 4) is 17.2 Å². The van der Waals surface area contributed by atoms with Crippen LogP contribution < -0.4 is 19.6 Å². The van der Waals surface area contributed by atoms with Gasteiger partial charge in [-0.25, -0.2) is 0 Å². The molecule has 0 aliphatic rings. The monoisotopic (exact) mass is 550 g/mol. The first-order valence-electron chi connectivity index (χ1n) is 9.82. The summed E-state index contributed by atoms with van der Waals surface area (Å²) in [6, 6.07) is 19.4. The summed E-state index contributed by atoms with van der Waals surface area (Å²) in [6.07, 6.45) is 1.76. The number of hydrazone groups is 1. The lowest BCUT2D eigenvalue weighted by molar-refractivity contribution is 0.267. The van der Waals surface area contributed by atoms with Crippen LogP contribution >= 0.6 is 34.2 Å². The van der Waals surface area contributed by atoms with E-state index in [1.165, 1.54) is 0 Å². The van der Waals surface area contributed by atoms with E-state index >= 15 is 0 Å². The van der Waals surface area contributed by atoms with Gasteiger partial charge in [0.1, 0.15) is 12.4 Å². The van der Waals surface area contributed by atoms with E-state index in [1.807, 2.05) is 67.6 Å². The van der Waals surface area contributed by atoms with Crippen LogP contribution in [0.5, 0.6) is 17.2 Å². The van der Waals surface area contributed by atoms with E-state index in [0.29, 0.717) is 36.3 Å². The van der Waals surface area contributed by atoms with Gasteiger partial charge in [-0.05, 0) is 59.3 Å². The number of benzene rings is 3. The summed E-state index contributed by atoms with van der Waals surface area (Å²) in [5.74, 6) is 2.20. The lowest BCUT2D eigenvalue weighted by Gasteiger charge is -2.15. The van der Waals surface area contributed by atoms with Crippen molar-refractivity contribution in [1.82, 2.24) is 5.43 Å². The topological polar surface area (TPSA) is 52.1 Å². The highest BCUT2D eigenvalue weighted by atomic mass is 127. The van der Waals surface area contributed by atoms with Crippen molar-refractivity contribution < 1.29 is 14.2 Å². The summed E-state index contributed by atoms with van der Waals surface area (Å²) in [5, 5.41) is 5.02. The number of nitrogens with one attached hydrogen (secondary N) is 1. The van der Waals surface area contributed by atoms with Crippen LogP contribution in [0, 0.1) is 3.57 Å². The largest absolute Gasteiger partial charge is 0.496 e. The molecule has 0 unspecified atom stereocenters. The van der Waals surface area contributed by atoms with Crippen LogP contribution in [0.1, 0.15) is 23.6 Å². The number of para-hydroxylation sites is 1. The van der Waals surface area contributed by atoms with Gasteiger partial charge in [0.05, 0.1) is 30.0 Å². The van der Waals surface area contributed by atoms with Gasteiger partial charge in [-0.1, -0.05) is 48.0 Å². The van der Waals surface area contributed by atoms with Crippen LogP contribution in [-0.2, 0) is 13.2 Å². The third-order valence-corrected chi connectivity index (χ3v) is 5.60. The molecule has 0 aromatic heterocycles. The van der Waals surface area contributed by atoms with Crippen molar-refractivity contribution in [2.24, 2.45) is 5.10 Å². The molecule has 7 heteroatoms. The molecular formula is C24H24ClIN2O3. The molecule has 3 rings (SSSR count). The Bertz CT molecular complexity index is 1040. The van der Waals surface area contributed by atoms with Gasteiger partial charge in [-0.3, -0.25) is 0 Å². The van der Waals surface area contributed by atoms with Gasteiger partial charge in [0, 0.05) is 16.1 Å². The van der Waals surface area contributed by atoms with E-state index in [2.05, 4.69) is 33.1 Å². The summed E-state index contributed by atoms with van der Waals surface area (Å²) in [5.41, 5.74) is 5.93. The highest BCUT2D eigenvalue weighted by molar-refractivity contribution is 14.1. The maximum Gasteiger partial charge on any atom is 0.175 e. The molecule has 0 aliphatic heterocycles. The van der Waals surface area contributed by atoms with Crippen molar-refractivity contribution in [2.75, 3.05) is 13.7 Å². The lowest BCUT2D eigenvalue weighted by atomic mass is 10.2. The third-order valence-electron chi connectivity index (χ3n) is 4.43. The lowest BCUT2D eigenvalue weighted by Crippen LogP contribution is -2.07. The van der Waals surface area contributed by atoms with E-state index in [9.17, 15) is 0 Å². The first-order chi connectivity index (χ1) is 15.1. The maximum atomic E-state index is 6.25. The fourth-order valence-electron chi connectivity index (χ4n) is 2.93. The van der Waals surface area contributed by atoms with Crippen LogP contribution in [0.4, 0.5) is 0 Å². The average molecular weight is 551 g/mol. The molecule has 0 heterocycles. The minimum atomic E-state index is 0.365. The van der Waals surface area contributed by atoms with Crippen LogP contribution in [0.25, 0.3) is 0 Å². The molecule has 0 fully saturated rings. The van der Waals surface area contributed by atoms with Gasteiger partial charge < -0.3 is 19.6 Å². The Morgan fingerprint density at radius 1 is 1.00 bits per heavy atom. The Kier molecular flexibility index (Phi) is 8.85. The first kappa shape index (κ1) is 23.2. The molecule has 0 amide bonds. The maximum absolute atomic E-state index is 6.25. The van der Waals surface area contributed by atoms with Gasteiger partial charge in [-0.2, -0.15) is 5.10 Å². The number of halogens is 2. The first-order valence-corrected chi connectivity index (χ1v) is 11.3. The number of hydrogen-bond donors (Lipinski definition) is 1. The Balaban J connectivity index is 1.70. The normalized spacial score (nSPS) is 10.8. The Labute approximate surface area is 201 Å². The molecule has 0 saturated carbocycles. The van der Waals surface area contributed by atoms with E-state index in [0.717, 1.165) is 26.0 Å². The molecule has 0 aliphatic carbocycles. The summed E-state index contributed by atoms with van der Waals surface area (Å²) in [4.78, 5) is 0. The highest BCUT2D eigenvalue weighted by Gasteiger charge is 2.13. The third kappa shape index (κ3) is 6.51.